The van der Waals surface area contributed by atoms with Gasteiger partial charge in [-0.15, -0.1) is 13.2 Å². The third-order valence-corrected chi connectivity index (χ3v) is 10.0. The fourth-order valence-electron chi connectivity index (χ4n) is 7.48. The number of amides is 3. The molecule has 0 aromatic heterocycles. The summed E-state index contributed by atoms with van der Waals surface area (Å²) in [5.41, 5.74) is -1.16. The Kier molecular flexibility index (Phi) is 11.3. The molecule has 10 nitrogen and oxygen atoms in total. The molecule has 1 spiro atoms. The summed E-state index contributed by atoms with van der Waals surface area (Å²) in [5.74, 6) is -1.96. The van der Waals surface area contributed by atoms with E-state index in [2.05, 4.69) is 34.0 Å². The lowest BCUT2D eigenvalue weighted by Gasteiger charge is -2.40. The van der Waals surface area contributed by atoms with Crippen LogP contribution in [0.25, 0.3) is 0 Å². The minimum Gasteiger partial charge on any atom is -0.394 e. The second-order valence-corrected chi connectivity index (χ2v) is 13.7. The molecule has 4 aliphatic rings. The van der Waals surface area contributed by atoms with Crippen LogP contribution in [0.4, 0.5) is 0 Å². The van der Waals surface area contributed by atoms with Crippen molar-refractivity contribution in [2.24, 2.45) is 17.8 Å². The smallest absolute Gasteiger partial charge is 0.248 e. The Hall–Kier alpha value is -1.79. The number of carbonyl (C=O) groups excluding carboxylic acids is 3. The molecule has 0 aromatic carbocycles. The summed E-state index contributed by atoms with van der Waals surface area (Å²) in [5, 5.41) is 10.6. The third kappa shape index (κ3) is 6.22. The monoisotopic (exact) mass is 652 g/mol. The molecule has 0 aliphatic carbocycles. The van der Waals surface area contributed by atoms with Crippen LogP contribution < -0.4 is 0 Å². The molecule has 4 heterocycles. The van der Waals surface area contributed by atoms with Crippen LogP contribution in [0.3, 0.4) is 0 Å². The van der Waals surface area contributed by atoms with E-state index in [1.807, 2.05) is 20.8 Å². The van der Waals surface area contributed by atoms with Gasteiger partial charge in [-0.1, -0.05) is 48.9 Å². The molecule has 236 valence electrons. The number of carbonyl (C=O) groups is 3. The second-order valence-electron chi connectivity index (χ2n) is 12.5. The Balaban J connectivity index is 1.73. The average Bonchev–Trinajstić information content (AvgIpc) is 3.56. The zero-order valence-corrected chi connectivity index (χ0v) is 27.0. The standard InChI is InChI=1S/C31H49BrN4O6/c1-6-9-34(10-7-2)28(38)24-25-29(39)36(22(20-37)18-21(4)5)27(31(25)19-23(32)26(24)42-31)30(40)35(11-8-3)13-12-33-14-16-41-17-15-33/h6,8,21-27,37H,1,3,7,9-20H2,2,4-5H3/t22-,23?,24-,25+,26-,27?,31?/m1/s1. The van der Waals surface area contributed by atoms with Gasteiger partial charge in [-0.2, -0.15) is 0 Å². The Morgan fingerprint density at radius 2 is 1.79 bits per heavy atom. The van der Waals surface area contributed by atoms with Crippen LogP contribution in [-0.4, -0.2) is 137 Å². The van der Waals surface area contributed by atoms with Gasteiger partial charge in [0.05, 0.1) is 43.8 Å². The van der Waals surface area contributed by atoms with E-state index >= 15 is 0 Å². The number of fused-ring (bicyclic) bond motifs is 1. The van der Waals surface area contributed by atoms with Crippen molar-refractivity contribution in [1.29, 1.82) is 0 Å². The maximum absolute atomic E-state index is 14.7. The Labute approximate surface area is 259 Å². The number of halogens is 1. The summed E-state index contributed by atoms with van der Waals surface area (Å²) in [6.07, 6.45) is 4.62. The van der Waals surface area contributed by atoms with Crippen molar-refractivity contribution in [1.82, 2.24) is 19.6 Å². The van der Waals surface area contributed by atoms with Crippen LogP contribution in [0.5, 0.6) is 0 Å². The number of hydrogen-bond acceptors (Lipinski definition) is 7. The normalized spacial score (nSPS) is 31.3. The molecular weight excluding hydrogens is 604 g/mol. The van der Waals surface area contributed by atoms with E-state index in [0.29, 0.717) is 58.8 Å². The number of morpholine rings is 1. The summed E-state index contributed by atoms with van der Waals surface area (Å²) in [4.78, 5) is 50.5. The Bertz CT molecular complexity index is 1010. The maximum atomic E-state index is 14.7. The van der Waals surface area contributed by atoms with Gasteiger partial charge in [-0.05, 0) is 25.2 Å². The van der Waals surface area contributed by atoms with E-state index in [-0.39, 0.29) is 35.1 Å². The number of aliphatic hydroxyl groups excluding tert-OH is 1. The first-order valence-corrected chi connectivity index (χ1v) is 16.4. The lowest BCUT2D eigenvalue weighted by atomic mass is 9.70. The van der Waals surface area contributed by atoms with Crippen LogP contribution in [0.2, 0.25) is 0 Å². The van der Waals surface area contributed by atoms with Crippen molar-refractivity contribution in [3.05, 3.63) is 25.3 Å². The zero-order chi connectivity index (χ0) is 30.6. The highest BCUT2D eigenvalue weighted by Crippen LogP contribution is 2.61. The van der Waals surface area contributed by atoms with E-state index in [1.54, 1.807) is 26.9 Å². The lowest BCUT2D eigenvalue weighted by molar-refractivity contribution is -0.152. The Morgan fingerprint density at radius 3 is 2.36 bits per heavy atom. The number of aliphatic hydroxyl groups is 1. The molecule has 0 saturated carbocycles. The zero-order valence-electron chi connectivity index (χ0n) is 25.5. The summed E-state index contributed by atoms with van der Waals surface area (Å²) in [7, 11) is 0. The average molecular weight is 654 g/mol. The number of hydrogen-bond donors (Lipinski definition) is 1. The van der Waals surface area contributed by atoms with Crippen LogP contribution in [0.15, 0.2) is 25.3 Å². The minimum absolute atomic E-state index is 0.140. The first-order valence-electron chi connectivity index (χ1n) is 15.5. The molecule has 4 fully saturated rings. The quantitative estimate of drug-likeness (QED) is 0.213. The Morgan fingerprint density at radius 1 is 1.14 bits per heavy atom. The van der Waals surface area contributed by atoms with Gasteiger partial charge in [0.1, 0.15) is 11.6 Å². The van der Waals surface area contributed by atoms with E-state index in [0.717, 1.165) is 19.5 Å². The molecule has 3 amide bonds. The summed E-state index contributed by atoms with van der Waals surface area (Å²) < 4.78 is 12.2. The molecule has 0 aromatic rings. The van der Waals surface area contributed by atoms with Gasteiger partial charge in [0, 0.05) is 50.6 Å². The molecule has 4 rings (SSSR count). The largest absolute Gasteiger partial charge is 0.394 e. The third-order valence-electron chi connectivity index (χ3n) is 9.20. The van der Waals surface area contributed by atoms with Gasteiger partial charge >= 0.3 is 0 Å². The maximum Gasteiger partial charge on any atom is 0.248 e. The first-order chi connectivity index (χ1) is 20.1. The molecule has 7 atom stereocenters. The van der Waals surface area contributed by atoms with Crippen molar-refractivity contribution in [2.75, 3.05) is 65.6 Å². The van der Waals surface area contributed by atoms with Gasteiger partial charge in [0.25, 0.3) is 0 Å². The van der Waals surface area contributed by atoms with Crippen LogP contribution in [-0.2, 0) is 23.9 Å². The van der Waals surface area contributed by atoms with Gasteiger partial charge in [0.15, 0.2) is 0 Å². The summed E-state index contributed by atoms with van der Waals surface area (Å²) in [6.45, 7) is 18.8. The van der Waals surface area contributed by atoms with Crippen molar-refractivity contribution in [3.63, 3.8) is 0 Å². The van der Waals surface area contributed by atoms with Gasteiger partial charge in [-0.25, -0.2) is 0 Å². The van der Waals surface area contributed by atoms with E-state index in [4.69, 9.17) is 9.47 Å². The summed E-state index contributed by atoms with van der Waals surface area (Å²) in [6, 6.07) is -1.51. The predicted molar refractivity (Wildman–Crippen MR) is 164 cm³/mol. The van der Waals surface area contributed by atoms with E-state index < -0.39 is 35.6 Å². The van der Waals surface area contributed by atoms with Crippen molar-refractivity contribution in [3.8, 4) is 0 Å². The predicted octanol–water partition coefficient (Wildman–Crippen LogP) is 1.91. The number of alkyl halides is 1. The van der Waals surface area contributed by atoms with Crippen LogP contribution in [0.1, 0.15) is 40.0 Å². The molecule has 0 radical (unpaired) electrons. The van der Waals surface area contributed by atoms with Crippen molar-refractivity contribution < 1.29 is 29.0 Å². The molecule has 11 heteroatoms. The van der Waals surface area contributed by atoms with Crippen LogP contribution in [0, 0.1) is 17.8 Å². The first kappa shape index (κ1) is 33.1. The highest BCUT2D eigenvalue weighted by molar-refractivity contribution is 9.09. The number of rotatable bonds is 15. The topological polar surface area (TPSA) is 103 Å². The number of likely N-dealkylation sites (tertiary alicyclic amines) is 1. The minimum atomic E-state index is -1.16. The fourth-order valence-corrected chi connectivity index (χ4v) is 8.42. The fraction of sp³-hybridized carbons (Fsp3) is 0.774. The van der Waals surface area contributed by atoms with Crippen LogP contribution >= 0.6 is 15.9 Å². The highest BCUT2D eigenvalue weighted by atomic mass is 79.9. The molecule has 1 N–H and O–H groups in total. The second kappa shape index (κ2) is 14.3. The van der Waals surface area contributed by atoms with Crippen molar-refractivity contribution in [2.45, 2.75) is 68.6 Å². The lowest BCUT2D eigenvalue weighted by Crippen LogP contribution is -2.60. The molecule has 2 bridgehead atoms. The number of nitrogens with zero attached hydrogens (tertiary/aromatic N) is 4. The van der Waals surface area contributed by atoms with Crippen molar-refractivity contribution >= 4 is 33.7 Å². The number of ether oxygens (including phenoxy) is 2. The SMILES string of the molecule is C=CCN(CCN1CCOCC1)C(=O)C1N([C@@H](CO)CC(C)C)C(=O)[C@@H]2[C@@H](C(=O)N(CC=C)CCC)[C@@H]3OC12CC3Br. The molecule has 4 saturated heterocycles. The van der Waals surface area contributed by atoms with Gasteiger partial charge < -0.3 is 29.3 Å². The van der Waals surface area contributed by atoms with E-state index in [9.17, 15) is 19.5 Å². The van der Waals surface area contributed by atoms with Gasteiger partial charge in [0.2, 0.25) is 17.7 Å². The highest BCUT2D eigenvalue weighted by Gasteiger charge is 2.77. The summed E-state index contributed by atoms with van der Waals surface area (Å²) >= 11 is 3.77. The molecule has 4 aliphatic heterocycles. The molecule has 3 unspecified atom stereocenters. The van der Waals surface area contributed by atoms with Gasteiger partial charge in [-0.3, -0.25) is 19.3 Å². The molecular formula is C31H49BrN4O6. The molecule has 42 heavy (non-hydrogen) atoms. The van der Waals surface area contributed by atoms with E-state index in [1.165, 1.54) is 0 Å².